The van der Waals surface area contributed by atoms with Crippen molar-refractivity contribution >= 4 is 46.4 Å². The van der Waals surface area contributed by atoms with E-state index in [2.05, 4.69) is 10.6 Å². The van der Waals surface area contributed by atoms with Crippen molar-refractivity contribution in [2.24, 2.45) is 0 Å². The second-order valence-corrected chi connectivity index (χ2v) is 7.16. The fourth-order valence-corrected chi connectivity index (χ4v) is 3.00. The number of carbonyl (C=O) groups excluding carboxylic acids is 2. The fraction of sp³-hybridized carbons (Fsp3) is 0.0909. The highest BCUT2D eigenvalue weighted by atomic mass is 35.5. The molecule has 0 aliphatic carbocycles. The van der Waals surface area contributed by atoms with Gasteiger partial charge in [-0.05, 0) is 73.2 Å². The van der Waals surface area contributed by atoms with Crippen molar-refractivity contribution in [1.82, 2.24) is 0 Å². The van der Waals surface area contributed by atoms with E-state index >= 15 is 0 Å². The summed E-state index contributed by atoms with van der Waals surface area (Å²) in [5.74, 6) is 0.0368. The van der Waals surface area contributed by atoms with Crippen LogP contribution in [0.2, 0.25) is 10.0 Å². The number of nitrogens with one attached hydrogen (secondary N) is 2. The van der Waals surface area contributed by atoms with Crippen molar-refractivity contribution in [3.63, 3.8) is 0 Å². The van der Waals surface area contributed by atoms with Crippen LogP contribution >= 0.6 is 23.2 Å². The normalized spacial score (nSPS) is 10.3. The smallest absolute Gasteiger partial charge is 0.262 e. The van der Waals surface area contributed by atoms with Crippen molar-refractivity contribution < 1.29 is 14.3 Å². The maximum absolute atomic E-state index is 12.2. The van der Waals surface area contributed by atoms with Crippen LogP contribution in [0.4, 0.5) is 11.4 Å². The summed E-state index contributed by atoms with van der Waals surface area (Å²) in [5.41, 5.74) is 2.50. The second-order valence-electron chi connectivity index (χ2n) is 6.29. The maximum Gasteiger partial charge on any atom is 0.262 e. The van der Waals surface area contributed by atoms with Crippen molar-refractivity contribution in [2.75, 3.05) is 17.2 Å². The standard InChI is InChI=1S/C22H18Cl2N2O3/c1-14-11-17(24)5-10-20(14)29-13-21(27)25-18-6-8-19(9-7-18)26-22(28)15-3-2-4-16(23)12-15/h2-12H,13H2,1H3,(H,25,27)(H,26,28). The van der Waals surface area contributed by atoms with Gasteiger partial charge >= 0.3 is 0 Å². The number of carbonyl (C=O) groups is 2. The van der Waals surface area contributed by atoms with Crippen LogP contribution < -0.4 is 15.4 Å². The van der Waals surface area contributed by atoms with Crippen LogP contribution in [0.15, 0.2) is 66.7 Å². The van der Waals surface area contributed by atoms with Crippen LogP contribution in [0, 0.1) is 6.92 Å². The van der Waals surface area contributed by atoms with Crippen LogP contribution in [-0.4, -0.2) is 18.4 Å². The number of ether oxygens (including phenoxy) is 1. The highest BCUT2D eigenvalue weighted by molar-refractivity contribution is 6.31. The minimum atomic E-state index is -0.296. The maximum atomic E-state index is 12.2. The first-order valence-corrected chi connectivity index (χ1v) is 9.52. The van der Waals surface area contributed by atoms with Gasteiger partial charge in [0, 0.05) is 27.0 Å². The molecule has 2 N–H and O–H groups in total. The van der Waals surface area contributed by atoms with Crippen LogP contribution in [0.25, 0.3) is 0 Å². The van der Waals surface area contributed by atoms with Gasteiger partial charge in [-0.25, -0.2) is 0 Å². The predicted molar refractivity (Wildman–Crippen MR) is 116 cm³/mol. The number of rotatable bonds is 6. The number of benzene rings is 3. The zero-order valence-electron chi connectivity index (χ0n) is 15.5. The number of amides is 2. The quantitative estimate of drug-likeness (QED) is 0.538. The number of hydrogen-bond acceptors (Lipinski definition) is 3. The summed E-state index contributed by atoms with van der Waals surface area (Å²) in [4.78, 5) is 24.3. The number of hydrogen-bond donors (Lipinski definition) is 2. The molecule has 3 rings (SSSR count). The summed E-state index contributed by atoms with van der Waals surface area (Å²) >= 11 is 11.8. The van der Waals surface area contributed by atoms with Crippen LogP contribution in [-0.2, 0) is 4.79 Å². The van der Waals surface area contributed by atoms with Crippen molar-refractivity contribution in [3.05, 3.63) is 87.9 Å². The van der Waals surface area contributed by atoms with Gasteiger partial charge in [-0.1, -0.05) is 29.3 Å². The SMILES string of the molecule is Cc1cc(Cl)ccc1OCC(=O)Nc1ccc(NC(=O)c2cccc(Cl)c2)cc1. The van der Waals surface area contributed by atoms with Crippen LogP contribution in [0.5, 0.6) is 5.75 Å². The first-order chi connectivity index (χ1) is 13.9. The average molecular weight is 429 g/mol. The lowest BCUT2D eigenvalue weighted by Crippen LogP contribution is -2.20. The summed E-state index contributed by atoms with van der Waals surface area (Å²) in [6.07, 6.45) is 0. The summed E-state index contributed by atoms with van der Waals surface area (Å²) in [6.45, 7) is 1.73. The molecule has 0 atom stereocenters. The highest BCUT2D eigenvalue weighted by Gasteiger charge is 2.08. The molecule has 29 heavy (non-hydrogen) atoms. The van der Waals surface area contributed by atoms with Gasteiger partial charge in [-0.15, -0.1) is 0 Å². The number of halogens is 2. The summed E-state index contributed by atoms with van der Waals surface area (Å²) in [7, 11) is 0. The second kappa shape index (κ2) is 9.45. The fourth-order valence-electron chi connectivity index (χ4n) is 2.59. The molecule has 0 radical (unpaired) electrons. The zero-order chi connectivity index (χ0) is 20.8. The molecule has 0 unspecified atom stereocenters. The first kappa shape index (κ1) is 20.7. The molecule has 0 fully saturated rings. The monoisotopic (exact) mass is 428 g/mol. The Balaban J connectivity index is 1.53. The minimum Gasteiger partial charge on any atom is -0.483 e. The van der Waals surface area contributed by atoms with Crippen LogP contribution in [0.3, 0.4) is 0 Å². The van der Waals surface area contributed by atoms with Gasteiger partial charge in [0.05, 0.1) is 0 Å². The molecule has 0 bridgehead atoms. The largest absolute Gasteiger partial charge is 0.483 e. The van der Waals surface area contributed by atoms with Gasteiger partial charge in [-0.2, -0.15) is 0 Å². The lowest BCUT2D eigenvalue weighted by atomic mass is 10.2. The first-order valence-electron chi connectivity index (χ1n) is 8.76. The Kier molecular flexibility index (Phi) is 6.75. The molecular weight excluding hydrogens is 411 g/mol. The number of anilines is 2. The van der Waals surface area contributed by atoms with Gasteiger partial charge in [0.2, 0.25) is 0 Å². The topological polar surface area (TPSA) is 67.4 Å². The molecule has 0 aromatic heterocycles. The summed E-state index contributed by atoms with van der Waals surface area (Å²) < 4.78 is 5.52. The van der Waals surface area contributed by atoms with E-state index in [1.165, 1.54) is 0 Å². The van der Waals surface area contributed by atoms with Crippen LogP contribution in [0.1, 0.15) is 15.9 Å². The Morgan fingerprint density at radius 2 is 1.52 bits per heavy atom. The predicted octanol–water partition coefficient (Wildman–Crippen LogP) is 5.57. The van der Waals surface area contributed by atoms with Gasteiger partial charge in [0.1, 0.15) is 5.75 Å². The molecule has 0 heterocycles. The zero-order valence-corrected chi connectivity index (χ0v) is 17.1. The van der Waals surface area contributed by atoms with Crippen molar-refractivity contribution in [3.8, 4) is 5.75 Å². The van der Waals surface area contributed by atoms with Gasteiger partial charge in [0.25, 0.3) is 11.8 Å². The van der Waals surface area contributed by atoms with Crippen molar-refractivity contribution in [2.45, 2.75) is 6.92 Å². The molecule has 0 saturated carbocycles. The molecule has 0 spiro atoms. The third kappa shape index (κ3) is 5.98. The third-order valence-electron chi connectivity index (χ3n) is 4.01. The Bertz CT molecular complexity index is 1040. The van der Waals surface area contributed by atoms with Gasteiger partial charge < -0.3 is 15.4 Å². The van der Waals surface area contributed by atoms with E-state index in [-0.39, 0.29) is 18.4 Å². The van der Waals surface area contributed by atoms with E-state index in [0.717, 1.165) is 5.56 Å². The average Bonchev–Trinajstić information content (AvgIpc) is 2.69. The molecule has 3 aromatic carbocycles. The Labute approximate surface area is 178 Å². The molecule has 7 heteroatoms. The summed E-state index contributed by atoms with van der Waals surface area (Å²) in [6, 6.07) is 18.7. The Hall–Kier alpha value is -3.02. The van der Waals surface area contributed by atoms with E-state index in [0.29, 0.717) is 32.7 Å². The minimum absolute atomic E-state index is 0.129. The molecule has 148 valence electrons. The molecule has 3 aromatic rings. The molecule has 0 aliphatic rings. The molecule has 0 saturated heterocycles. The molecule has 5 nitrogen and oxygen atoms in total. The lowest BCUT2D eigenvalue weighted by Gasteiger charge is -2.10. The Morgan fingerprint density at radius 1 is 0.862 bits per heavy atom. The molecule has 0 aliphatic heterocycles. The van der Waals surface area contributed by atoms with Crippen molar-refractivity contribution in [1.29, 1.82) is 0 Å². The third-order valence-corrected chi connectivity index (χ3v) is 4.48. The summed E-state index contributed by atoms with van der Waals surface area (Å²) in [5, 5.41) is 6.63. The highest BCUT2D eigenvalue weighted by Crippen LogP contribution is 2.22. The van der Waals surface area contributed by atoms with Gasteiger partial charge in [-0.3, -0.25) is 9.59 Å². The van der Waals surface area contributed by atoms with E-state index in [1.54, 1.807) is 66.7 Å². The number of aryl methyl sites for hydroxylation is 1. The van der Waals surface area contributed by atoms with E-state index in [4.69, 9.17) is 27.9 Å². The molecule has 2 amide bonds. The molecular formula is C22H18Cl2N2O3. The van der Waals surface area contributed by atoms with E-state index < -0.39 is 0 Å². The van der Waals surface area contributed by atoms with E-state index in [1.807, 2.05) is 6.92 Å². The Morgan fingerprint density at radius 3 is 2.17 bits per heavy atom. The van der Waals surface area contributed by atoms with E-state index in [9.17, 15) is 9.59 Å². The lowest BCUT2D eigenvalue weighted by molar-refractivity contribution is -0.118. The van der Waals surface area contributed by atoms with Gasteiger partial charge in [0.15, 0.2) is 6.61 Å².